The third kappa shape index (κ3) is 6.83. The van der Waals surface area contributed by atoms with Gasteiger partial charge in [-0.1, -0.05) is 6.42 Å². The van der Waals surface area contributed by atoms with E-state index in [1.165, 1.54) is 0 Å². The number of phosphoric acid groups is 1. The van der Waals surface area contributed by atoms with E-state index >= 15 is 0 Å². The van der Waals surface area contributed by atoms with Gasteiger partial charge >= 0.3 is 13.8 Å². The molecule has 0 fully saturated rings. The molecule has 1 unspecified atom stereocenters. The monoisotopic (exact) mass is 260 g/mol. The molecule has 0 aliphatic carbocycles. The first-order chi connectivity index (χ1) is 6.93. The number of rotatable bonds is 7. The highest BCUT2D eigenvalue weighted by atomic mass is 35.5. The van der Waals surface area contributed by atoms with Gasteiger partial charge in [-0.2, -0.15) is 4.08 Å². The van der Waals surface area contributed by atoms with Gasteiger partial charge in [0.15, 0.2) is 0 Å². The van der Waals surface area contributed by atoms with Crippen molar-refractivity contribution in [1.82, 2.24) is 0 Å². The molecule has 0 radical (unpaired) electrons. The number of hydrogen-bond acceptors (Lipinski definition) is 6. The first kappa shape index (κ1) is 14.8. The quantitative estimate of drug-likeness (QED) is 0.443. The minimum absolute atomic E-state index is 0.318. The zero-order valence-corrected chi connectivity index (χ0v) is 9.62. The first-order valence-corrected chi connectivity index (χ1v) is 6.05. The molecule has 9 heteroatoms. The lowest BCUT2D eigenvalue weighted by Gasteiger charge is -2.12. The average Bonchev–Trinajstić information content (AvgIpc) is 2.17. The number of hydrogen-bond donors (Lipinski definition) is 3. The summed E-state index contributed by atoms with van der Waals surface area (Å²) in [5.74, 6) is -1.03. The molecule has 0 aliphatic rings. The molecular formula is C6H14ClN2O5P. The van der Waals surface area contributed by atoms with Crippen molar-refractivity contribution < 1.29 is 22.9 Å². The predicted molar refractivity (Wildman–Crippen MR) is 53.7 cm³/mol. The maximum Gasteiger partial charge on any atom is 0.546 e. The van der Waals surface area contributed by atoms with Crippen LogP contribution in [0, 0.1) is 0 Å². The smallest absolute Gasteiger partial charge is 0.368 e. The largest absolute Gasteiger partial charge is 0.546 e. The average molecular weight is 261 g/mol. The Balaban J connectivity index is 3.94. The van der Waals surface area contributed by atoms with E-state index in [2.05, 4.69) is 20.5 Å². The third-order valence-electron chi connectivity index (χ3n) is 1.56. The normalized spacial score (nSPS) is 16.8. The molecule has 0 saturated carbocycles. The molecule has 0 aromatic carbocycles. The van der Waals surface area contributed by atoms with Crippen LogP contribution in [0.2, 0.25) is 0 Å². The van der Waals surface area contributed by atoms with Crippen LogP contribution in [-0.4, -0.2) is 23.4 Å². The van der Waals surface area contributed by atoms with Crippen molar-refractivity contribution in [1.29, 1.82) is 0 Å². The molecule has 2 atom stereocenters. The first-order valence-electron chi connectivity index (χ1n) is 4.25. The fraction of sp³-hybridized carbons (Fsp3) is 0.833. The van der Waals surface area contributed by atoms with Gasteiger partial charge in [-0.3, -0.25) is 4.89 Å². The topological polar surface area (TPSA) is 125 Å². The SMILES string of the molecule is NCCCC[C@H](N)C(=O)OP(=O)(O)OCl. The van der Waals surface area contributed by atoms with Crippen molar-refractivity contribution in [3.63, 3.8) is 0 Å². The van der Waals surface area contributed by atoms with Crippen molar-refractivity contribution in [3.8, 4) is 0 Å². The van der Waals surface area contributed by atoms with Crippen LogP contribution in [0.25, 0.3) is 0 Å². The van der Waals surface area contributed by atoms with Crippen LogP contribution in [0.4, 0.5) is 0 Å². The molecule has 0 saturated heterocycles. The van der Waals surface area contributed by atoms with Gasteiger partial charge in [0.1, 0.15) is 6.04 Å². The van der Waals surface area contributed by atoms with Crippen molar-refractivity contribution in [2.45, 2.75) is 25.3 Å². The molecule has 0 bridgehead atoms. The highest BCUT2D eigenvalue weighted by molar-refractivity contribution is 7.49. The lowest BCUT2D eigenvalue weighted by atomic mass is 10.1. The van der Waals surface area contributed by atoms with Crippen LogP contribution in [0.5, 0.6) is 0 Å². The molecule has 0 aliphatic heterocycles. The molecule has 0 rings (SSSR count). The Morgan fingerprint density at radius 3 is 2.60 bits per heavy atom. The van der Waals surface area contributed by atoms with E-state index in [1.54, 1.807) is 0 Å². The summed E-state index contributed by atoms with van der Waals surface area (Å²) in [5.41, 5.74) is 10.6. The van der Waals surface area contributed by atoms with E-state index in [0.29, 0.717) is 25.8 Å². The summed E-state index contributed by atoms with van der Waals surface area (Å²) in [6.07, 6.45) is 1.66. The molecule has 5 N–H and O–H groups in total. The zero-order valence-electron chi connectivity index (χ0n) is 7.97. The van der Waals surface area contributed by atoms with Crippen molar-refractivity contribution in [3.05, 3.63) is 0 Å². The van der Waals surface area contributed by atoms with E-state index in [4.69, 9.17) is 16.4 Å². The molecule has 0 aromatic heterocycles. The van der Waals surface area contributed by atoms with Crippen LogP contribution < -0.4 is 11.5 Å². The molecule has 90 valence electrons. The van der Waals surface area contributed by atoms with E-state index < -0.39 is 19.8 Å². The minimum atomic E-state index is -4.51. The van der Waals surface area contributed by atoms with E-state index in [0.717, 1.165) is 0 Å². The zero-order chi connectivity index (χ0) is 11.9. The van der Waals surface area contributed by atoms with Crippen LogP contribution in [0.15, 0.2) is 0 Å². The van der Waals surface area contributed by atoms with Crippen molar-refractivity contribution >= 4 is 25.7 Å². The van der Waals surface area contributed by atoms with Gasteiger partial charge in [0, 0.05) is 0 Å². The van der Waals surface area contributed by atoms with Crippen LogP contribution >= 0.6 is 19.7 Å². The lowest BCUT2D eigenvalue weighted by molar-refractivity contribution is -0.137. The summed E-state index contributed by atoms with van der Waals surface area (Å²) in [4.78, 5) is 19.8. The van der Waals surface area contributed by atoms with Crippen molar-refractivity contribution in [2.24, 2.45) is 11.5 Å². The Bertz CT molecular complexity index is 252. The summed E-state index contributed by atoms with van der Waals surface area (Å²) in [5, 5.41) is 0. The number of unbranched alkanes of at least 4 members (excludes halogenated alkanes) is 1. The summed E-state index contributed by atoms with van der Waals surface area (Å²) < 4.78 is 18.3. The fourth-order valence-electron chi connectivity index (χ4n) is 0.822. The molecule has 7 nitrogen and oxygen atoms in total. The molecule has 0 heterocycles. The van der Waals surface area contributed by atoms with E-state index in [9.17, 15) is 9.36 Å². The summed E-state index contributed by atoms with van der Waals surface area (Å²) >= 11 is 4.62. The molecular weight excluding hydrogens is 247 g/mol. The number of halogens is 1. The van der Waals surface area contributed by atoms with E-state index in [-0.39, 0.29) is 0 Å². The Hall–Kier alpha value is -0.170. The van der Waals surface area contributed by atoms with Crippen LogP contribution in [0.1, 0.15) is 19.3 Å². The second-order valence-electron chi connectivity index (χ2n) is 2.84. The van der Waals surface area contributed by atoms with Gasteiger partial charge in [0.25, 0.3) is 0 Å². The van der Waals surface area contributed by atoms with Gasteiger partial charge in [0.2, 0.25) is 0 Å². The van der Waals surface area contributed by atoms with Gasteiger partial charge in [-0.15, -0.1) is 0 Å². The number of nitrogens with two attached hydrogens (primary N) is 2. The summed E-state index contributed by atoms with van der Waals surface area (Å²) in [6.45, 7) is 0.491. The standard InChI is InChI=1S/C6H14ClN2O5P/c7-14-15(11,12)13-6(10)5(9)3-1-2-4-8/h5H,1-4,8-9H2,(H,11,12)/t5-/m0/s1. The second kappa shape index (κ2) is 7.16. The lowest BCUT2D eigenvalue weighted by Crippen LogP contribution is -2.31. The maximum absolute atomic E-state index is 11.1. The van der Waals surface area contributed by atoms with Crippen LogP contribution in [-0.2, 0) is 18.0 Å². The Morgan fingerprint density at radius 1 is 1.53 bits per heavy atom. The maximum atomic E-state index is 11.1. The van der Waals surface area contributed by atoms with Gasteiger partial charge < -0.3 is 16.0 Å². The second-order valence-corrected chi connectivity index (χ2v) is 4.51. The molecule has 15 heavy (non-hydrogen) atoms. The Labute approximate surface area is 92.5 Å². The Morgan fingerprint density at radius 2 is 2.13 bits per heavy atom. The third-order valence-corrected chi connectivity index (χ3v) is 2.67. The van der Waals surface area contributed by atoms with Gasteiger partial charge in [-0.05, 0) is 19.4 Å². The highest BCUT2D eigenvalue weighted by Gasteiger charge is 2.28. The highest BCUT2D eigenvalue weighted by Crippen LogP contribution is 2.44. The molecule has 0 aromatic rings. The predicted octanol–water partition coefficient (Wildman–Crippen LogP) is 0.257. The molecule has 0 amide bonds. The number of phosphoric ester groups is 1. The molecule has 0 spiro atoms. The Kier molecular flexibility index (Phi) is 7.08. The number of carbonyl (C=O) groups excluding carboxylic acids is 1. The van der Waals surface area contributed by atoms with Crippen molar-refractivity contribution in [2.75, 3.05) is 6.54 Å². The van der Waals surface area contributed by atoms with Gasteiger partial charge in [0.05, 0.1) is 11.9 Å². The number of carbonyl (C=O) groups is 1. The van der Waals surface area contributed by atoms with Crippen LogP contribution in [0.3, 0.4) is 0 Å². The minimum Gasteiger partial charge on any atom is -0.368 e. The fourth-order valence-corrected chi connectivity index (χ4v) is 1.30. The summed E-state index contributed by atoms with van der Waals surface area (Å²) in [6, 6.07) is -0.983. The van der Waals surface area contributed by atoms with E-state index in [1.807, 2.05) is 0 Å². The summed E-state index contributed by atoms with van der Waals surface area (Å²) in [7, 11) is -4.51. The van der Waals surface area contributed by atoms with Gasteiger partial charge in [-0.25, -0.2) is 9.36 Å².